The minimum atomic E-state index is 0.494. The number of unbranched alkanes of at least 4 members (excludes halogenated alkanes) is 4. The fourth-order valence-corrected chi connectivity index (χ4v) is 7.07. The molecule has 1 aromatic heterocycles. The van der Waals surface area contributed by atoms with Crippen LogP contribution in [0.15, 0.2) is 0 Å². The molecule has 1 heteroatoms. The van der Waals surface area contributed by atoms with Crippen molar-refractivity contribution in [2.24, 2.45) is 23.7 Å². The molecule has 4 atom stereocenters. The van der Waals surface area contributed by atoms with Crippen molar-refractivity contribution in [1.29, 1.82) is 0 Å². The zero-order valence-electron chi connectivity index (χ0n) is 30.0. The summed E-state index contributed by atoms with van der Waals surface area (Å²) >= 11 is 0. The van der Waals surface area contributed by atoms with E-state index in [2.05, 4.69) is 69.2 Å². The zero-order valence-corrected chi connectivity index (χ0v) is 30.0. The monoisotopic (exact) mass is 570 g/mol. The molecule has 0 aliphatic heterocycles. The molecule has 0 fully saturated rings. The predicted molar refractivity (Wildman–Crippen MR) is 186 cm³/mol. The highest BCUT2D eigenvalue weighted by molar-refractivity contribution is 5.43. The van der Waals surface area contributed by atoms with Crippen LogP contribution in [0.1, 0.15) is 206 Å². The van der Waals surface area contributed by atoms with E-state index in [0.29, 0.717) is 5.92 Å². The van der Waals surface area contributed by atoms with Crippen molar-refractivity contribution in [2.75, 3.05) is 0 Å². The number of hydrogen-bond acceptors (Lipinski definition) is 1. The first-order valence-corrected chi connectivity index (χ1v) is 18.9. The molecule has 0 saturated heterocycles. The van der Waals surface area contributed by atoms with Crippen molar-refractivity contribution in [2.45, 2.75) is 204 Å². The van der Waals surface area contributed by atoms with Crippen LogP contribution in [-0.4, -0.2) is 4.98 Å². The Morgan fingerprint density at radius 2 is 0.780 bits per heavy atom. The van der Waals surface area contributed by atoms with E-state index in [9.17, 15) is 0 Å². The first-order valence-electron chi connectivity index (χ1n) is 18.9. The van der Waals surface area contributed by atoms with Crippen molar-refractivity contribution in [3.05, 3.63) is 28.1 Å². The molecule has 0 spiro atoms. The van der Waals surface area contributed by atoms with Crippen LogP contribution in [0.4, 0.5) is 0 Å². The summed E-state index contributed by atoms with van der Waals surface area (Å²) in [4.78, 5) is 5.76. The Balaban J connectivity index is 3.90. The maximum Gasteiger partial charge on any atom is 0.0467 e. The fourth-order valence-electron chi connectivity index (χ4n) is 7.07. The molecular formula is C40H75N. The Kier molecular flexibility index (Phi) is 21.1. The molecule has 1 nitrogen and oxygen atoms in total. The van der Waals surface area contributed by atoms with Crippen molar-refractivity contribution >= 4 is 0 Å². The van der Waals surface area contributed by atoms with Crippen molar-refractivity contribution in [3.8, 4) is 0 Å². The average Bonchev–Trinajstić information content (AvgIpc) is 2.98. The second-order valence-electron chi connectivity index (χ2n) is 14.0. The second kappa shape index (κ2) is 22.7. The quantitative estimate of drug-likeness (QED) is 0.114. The Morgan fingerprint density at radius 3 is 1.12 bits per heavy atom. The van der Waals surface area contributed by atoms with Crippen LogP contribution in [0.3, 0.4) is 0 Å². The largest absolute Gasteiger partial charge is 0.257 e. The Hall–Kier alpha value is -0.850. The molecule has 0 saturated carbocycles. The molecule has 240 valence electrons. The van der Waals surface area contributed by atoms with E-state index >= 15 is 0 Å². The molecule has 1 aromatic rings. The molecule has 1 rings (SSSR count). The normalized spacial score (nSPS) is 14.9. The summed E-state index contributed by atoms with van der Waals surface area (Å²) in [6.45, 7) is 24.0. The van der Waals surface area contributed by atoms with E-state index in [-0.39, 0.29) is 0 Å². The predicted octanol–water partition coefficient (Wildman–Crippen LogP) is 13.2. The van der Waals surface area contributed by atoms with Gasteiger partial charge < -0.3 is 0 Å². The molecule has 1 heterocycles. The van der Waals surface area contributed by atoms with Gasteiger partial charge in [-0.2, -0.15) is 0 Å². The number of nitrogens with zero attached hydrogens (tertiary/aromatic N) is 1. The highest BCUT2D eigenvalue weighted by Crippen LogP contribution is 2.36. The van der Waals surface area contributed by atoms with E-state index in [0.717, 1.165) is 23.7 Å². The summed E-state index contributed by atoms with van der Waals surface area (Å²) in [6, 6.07) is 0. The molecule has 0 aliphatic carbocycles. The van der Waals surface area contributed by atoms with Gasteiger partial charge in [0.15, 0.2) is 0 Å². The molecule has 0 bridgehead atoms. The number of aromatic nitrogens is 1. The SMILES string of the molecule is CCCCC(CC)Cc1nc(C(C)C)c(CC(CC)CCCC)c(CC(CC)CCCC)c1CC(CC)CCCC. The first-order chi connectivity index (χ1) is 19.8. The minimum absolute atomic E-state index is 0.494. The van der Waals surface area contributed by atoms with Gasteiger partial charge >= 0.3 is 0 Å². The van der Waals surface area contributed by atoms with E-state index in [1.165, 1.54) is 140 Å². The van der Waals surface area contributed by atoms with Crippen LogP contribution in [0.25, 0.3) is 0 Å². The van der Waals surface area contributed by atoms with E-state index < -0.39 is 0 Å². The maximum absolute atomic E-state index is 5.76. The maximum atomic E-state index is 5.76. The third-order valence-electron chi connectivity index (χ3n) is 10.3. The Morgan fingerprint density at radius 1 is 0.439 bits per heavy atom. The van der Waals surface area contributed by atoms with Gasteiger partial charge in [-0.15, -0.1) is 0 Å². The highest BCUT2D eigenvalue weighted by atomic mass is 14.7. The zero-order chi connectivity index (χ0) is 30.6. The van der Waals surface area contributed by atoms with Gasteiger partial charge in [0.05, 0.1) is 0 Å². The fraction of sp³-hybridized carbons (Fsp3) is 0.875. The molecular weight excluding hydrogens is 494 g/mol. The lowest BCUT2D eigenvalue weighted by atomic mass is 9.77. The molecule has 0 amide bonds. The number of hydrogen-bond donors (Lipinski definition) is 0. The van der Waals surface area contributed by atoms with E-state index in [1.807, 2.05) is 0 Å². The van der Waals surface area contributed by atoms with Crippen LogP contribution in [0.2, 0.25) is 0 Å². The summed E-state index contributed by atoms with van der Waals surface area (Å²) in [6.07, 6.45) is 26.4. The Bertz CT molecular complexity index is 778. The lowest BCUT2D eigenvalue weighted by molar-refractivity contribution is 0.413. The molecule has 0 aromatic carbocycles. The minimum Gasteiger partial charge on any atom is -0.257 e. The van der Waals surface area contributed by atoms with Gasteiger partial charge in [-0.25, -0.2) is 0 Å². The lowest BCUT2D eigenvalue weighted by Gasteiger charge is -2.30. The van der Waals surface area contributed by atoms with Gasteiger partial charge in [0.1, 0.15) is 0 Å². The second-order valence-corrected chi connectivity index (χ2v) is 14.0. The average molecular weight is 570 g/mol. The molecule has 41 heavy (non-hydrogen) atoms. The van der Waals surface area contributed by atoms with E-state index in [4.69, 9.17) is 4.98 Å². The Labute approximate surface area is 259 Å². The molecule has 0 aliphatic rings. The first kappa shape index (κ1) is 38.2. The van der Waals surface area contributed by atoms with Gasteiger partial charge in [-0.1, -0.05) is 172 Å². The van der Waals surface area contributed by atoms with E-state index in [1.54, 1.807) is 16.7 Å². The van der Waals surface area contributed by atoms with Crippen LogP contribution in [-0.2, 0) is 25.7 Å². The van der Waals surface area contributed by atoms with Gasteiger partial charge in [-0.3, -0.25) is 4.98 Å². The van der Waals surface area contributed by atoms with Gasteiger partial charge in [0, 0.05) is 11.4 Å². The third-order valence-corrected chi connectivity index (χ3v) is 10.3. The molecule has 0 radical (unpaired) electrons. The lowest BCUT2D eigenvalue weighted by Crippen LogP contribution is -2.21. The third kappa shape index (κ3) is 13.5. The smallest absolute Gasteiger partial charge is 0.0467 e. The van der Waals surface area contributed by atoms with Crippen LogP contribution >= 0.6 is 0 Å². The summed E-state index contributed by atoms with van der Waals surface area (Å²) in [5.41, 5.74) is 8.19. The summed E-state index contributed by atoms with van der Waals surface area (Å²) in [5.74, 6) is 3.65. The van der Waals surface area contributed by atoms with Gasteiger partial charge in [0.25, 0.3) is 0 Å². The van der Waals surface area contributed by atoms with Crippen LogP contribution in [0, 0.1) is 23.7 Å². The van der Waals surface area contributed by atoms with Crippen LogP contribution in [0.5, 0.6) is 0 Å². The topological polar surface area (TPSA) is 12.9 Å². The van der Waals surface area contributed by atoms with Crippen molar-refractivity contribution < 1.29 is 0 Å². The molecule has 4 unspecified atom stereocenters. The highest BCUT2D eigenvalue weighted by Gasteiger charge is 2.27. The number of pyridine rings is 1. The standard InChI is InChI=1S/C40H75N/c1-11-19-23-32(15-5)27-36-37(28-33(16-6)24-20-12-2)39(30-35(18-8)26-22-14-4)41-40(31(9)10)38(36)29-34(17-7)25-21-13-3/h31-35H,11-30H2,1-10H3. The summed E-state index contributed by atoms with van der Waals surface area (Å²) in [5, 5.41) is 0. The van der Waals surface area contributed by atoms with Gasteiger partial charge in [-0.05, 0) is 72.0 Å². The van der Waals surface area contributed by atoms with Crippen molar-refractivity contribution in [1.82, 2.24) is 4.98 Å². The molecule has 0 N–H and O–H groups in total. The van der Waals surface area contributed by atoms with Crippen LogP contribution < -0.4 is 0 Å². The van der Waals surface area contributed by atoms with Gasteiger partial charge in [0.2, 0.25) is 0 Å². The number of rotatable bonds is 25. The summed E-state index contributed by atoms with van der Waals surface area (Å²) < 4.78 is 0. The van der Waals surface area contributed by atoms with Crippen molar-refractivity contribution in [3.63, 3.8) is 0 Å². The summed E-state index contributed by atoms with van der Waals surface area (Å²) in [7, 11) is 0.